The predicted octanol–water partition coefficient (Wildman–Crippen LogP) is 1.66. The Bertz CT molecular complexity index is 355. The molecule has 1 atom stereocenters. The number of hydrogen-bond donors (Lipinski definition) is 1. The van der Waals surface area contributed by atoms with E-state index in [2.05, 4.69) is 0 Å². The third kappa shape index (κ3) is 2.04. The fourth-order valence-electron chi connectivity index (χ4n) is 1.21. The summed E-state index contributed by atoms with van der Waals surface area (Å²) >= 11 is 0. The first kappa shape index (κ1) is 10.6. The molecule has 1 aromatic rings. The zero-order valence-electron chi connectivity index (χ0n) is 8.32. The summed E-state index contributed by atoms with van der Waals surface area (Å²) < 4.78 is 5.07. The van der Waals surface area contributed by atoms with Gasteiger partial charge in [-0.1, -0.05) is 13.0 Å². The second-order valence-corrected chi connectivity index (χ2v) is 3.16. The Balaban J connectivity index is 3.09. The Morgan fingerprint density at radius 3 is 2.79 bits per heavy atom. The average Bonchev–Trinajstić information content (AvgIpc) is 2.26. The van der Waals surface area contributed by atoms with Gasteiger partial charge in [-0.15, -0.1) is 0 Å². The maximum atomic E-state index is 8.97. The van der Waals surface area contributed by atoms with E-state index >= 15 is 0 Å². The average molecular weight is 191 g/mol. The number of rotatable bonds is 3. The molecule has 0 aromatic heterocycles. The van der Waals surface area contributed by atoms with Gasteiger partial charge < -0.3 is 9.84 Å². The summed E-state index contributed by atoms with van der Waals surface area (Å²) in [5.74, 6) is 0.627. The fourth-order valence-corrected chi connectivity index (χ4v) is 1.21. The van der Waals surface area contributed by atoms with Gasteiger partial charge in [-0.3, -0.25) is 0 Å². The molecule has 0 aliphatic heterocycles. The third-order valence-corrected chi connectivity index (χ3v) is 2.19. The molecule has 1 rings (SSSR count). The zero-order valence-corrected chi connectivity index (χ0v) is 8.32. The first-order valence-corrected chi connectivity index (χ1v) is 4.41. The van der Waals surface area contributed by atoms with Crippen LogP contribution in [-0.4, -0.2) is 18.8 Å². The highest BCUT2D eigenvalue weighted by Crippen LogP contribution is 2.23. The smallest absolute Gasteiger partial charge is 0.136 e. The summed E-state index contributed by atoms with van der Waals surface area (Å²) in [5, 5.41) is 17.7. The number of methoxy groups -OCH3 is 1. The summed E-state index contributed by atoms with van der Waals surface area (Å²) in [4.78, 5) is 0. The molecule has 0 saturated heterocycles. The van der Waals surface area contributed by atoms with Crippen molar-refractivity contribution in [3.05, 3.63) is 29.3 Å². The van der Waals surface area contributed by atoms with Gasteiger partial charge in [0.2, 0.25) is 0 Å². The lowest BCUT2D eigenvalue weighted by atomic mass is 10.0. The second kappa shape index (κ2) is 4.64. The van der Waals surface area contributed by atoms with Gasteiger partial charge in [0.05, 0.1) is 12.7 Å². The first-order valence-electron chi connectivity index (χ1n) is 4.41. The predicted molar refractivity (Wildman–Crippen MR) is 53.2 cm³/mol. The van der Waals surface area contributed by atoms with Gasteiger partial charge in [-0.2, -0.15) is 5.26 Å². The van der Waals surface area contributed by atoms with Crippen molar-refractivity contribution in [2.24, 2.45) is 0 Å². The van der Waals surface area contributed by atoms with Gasteiger partial charge in [-0.05, 0) is 17.7 Å². The Hall–Kier alpha value is -1.53. The van der Waals surface area contributed by atoms with Crippen LogP contribution in [0.5, 0.6) is 5.75 Å². The van der Waals surface area contributed by atoms with Crippen LogP contribution < -0.4 is 4.74 Å². The quantitative estimate of drug-likeness (QED) is 0.790. The van der Waals surface area contributed by atoms with Crippen molar-refractivity contribution in [1.82, 2.24) is 0 Å². The molecule has 0 saturated carbocycles. The highest BCUT2D eigenvalue weighted by atomic mass is 16.5. The number of ether oxygens (including phenoxy) is 1. The van der Waals surface area contributed by atoms with Crippen LogP contribution >= 0.6 is 0 Å². The van der Waals surface area contributed by atoms with Gasteiger partial charge in [0.1, 0.15) is 11.8 Å². The molecule has 0 aliphatic carbocycles. The number of benzene rings is 1. The minimum atomic E-state index is 0.0663. The number of aliphatic hydroxyl groups is 1. The summed E-state index contributed by atoms with van der Waals surface area (Å²) in [6.07, 6.45) is 0. The molecule has 0 heterocycles. The van der Waals surface area contributed by atoms with E-state index in [0.29, 0.717) is 11.3 Å². The summed E-state index contributed by atoms with van der Waals surface area (Å²) in [7, 11) is 1.53. The summed E-state index contributed by atoms with van der Waals surface area (Å²) in [6.45, 7) is 2.01. The van der Waals surface area contributed by atoms with Crippen molar-refractivity contribution >= 4 is 0 Å². The molecule has 3 nitrogen and oxygen atoms in total. The van der Waals surface area contributed by atoms with Gasteiger partial charge in [0.25, 0.3) is 0 Å². The largest absolute Gasteiger partial charge is 0.495 e. The molecule has 0 spiro atoms. The zero-order chi connectivity index (χ0) is 10.6. The highest BCUT2D eigenvalue weighted by molar-refractivity contribution is 5.45. The molecule has 1 N–H and O–H groups in total. The molecule has 14 heavy (non-hydrogen) atoms. The normalized spacial score (nSPS) is 11.9. The maximum absolute atomic E-state index is 8.97. The summed E-state index contributed by atoms with van der Waals surface area (Å²) in [5.41, 5.74) is 1.49. The first-order chi connectivity index (χ1) is 6.72. The highest BCUT2D eigenvalue weighted by Gasteiger charge is 2.08. The van der Waals surface area contributed by atoms with Crippen LogP contribution in [0.15, 0.2) is 18.2 Å². The van der Waals surface area contributed by atoms with Gasteiger partial charge in [-0.25, -0.2) is 0 Å². The lowest BCUT2D eigenvalue weighted by Crippen LogP contribution is -2.00. The number of nitriles is 1. The molecule has 0 bridgehead atoms. The monoisotopic (exact) mass is 191 g/mol. The van der Waals surface area contributed by atoms with Crippen molar-refractivity contribution in [3.8, 4) is 11.8 Å². The number of nitrogens with zero attached hydrogens (tertiary/aromatic N) is 1. The van der Waals surface area contributed by atoms with Crippen molar-refractivity contribution in [1.29, 1.82) is 5.26 Å². The van der Waals surface area contributed by atoms with Gasteiger partial charge in [0, 0.05) is 12.5 Å². The van der Waals surface area contributed by atoms with Crippen molar-refractivity contribution in [2.75, 3.05) is 13.7 Å². The Kier molecular flexibility index (Phi) is 3.49. The van der Waals surface area contributed by atoms with Gasteiger partial charge in [0.15, 0.2) is 0 Å². The van der Waals surface area contributed by atoms with E-state index < -0.39 is 0 Å². The Labute approximate surface area is 83.6 Å². The maximum Gasteiger partial charge on any atom is 0.136 e. The number of hydrogen-bond acceptors (Lipinski definition) is 3. The van der Waals surface area contributed by atoms with E-state index in [1.54, 1.807) is 12.1 Å². The molecule has 74 valence electrons. The minimum Gasteiger partial charge on any atom is -0.495 e. The lowest BCUT2D eigenvalue weighted by molar-refractivity contribution is 0.273. The van der Waals surface area contributed by atoms with Crippen LogP contribution in [0.25, 0.3) is 0 Å². The summed E-state index contributed by atoms with van der Waals surface area (Å²) in [6, 6.07) is 7.38. The minimum absolute atomic E-state index is 0.0663. The molecule has 0 fully saturated rings. The third-order valence-electron chi connectivity index (χ3n) is 2.19. The Morgan fingerprint density at radius 1 is 1.57 bits per heavy atom. The standard InChI is InChI=1S/C11H13NO2/c1-8(7-13)9-3-4-10(6-12)11(5-9)14-2/h3-5,8,13H,7H2,1-2H3. The molecular formula is C11H13NO2. The lowest BCUT2D eigenvalue weighted by Gasteiger charge is -2.10. The van der Waals surface area contributed by atoms with Crippen LogP contribution in [0.4, 0.5) is 0 Å². The van der Waals surface area contributed by atoms with E-state index in [1.807, 2.05) is 19.1 Å². The van der Waals surface area contributed by atoms with E-state index in [4.69, 9.17) is 15.1 Å². The van der Waals surface area contributed by atoms with Crippen molar-refractivity contribution in [3.63, 3.8) is 0 Å². The van der Waals surface area contributed by atoms with Crippen molar-refractivity contribution < 1.29 is 9.84 Å². The SMILES string of the molecule is COc1cc(C(C)CO)ccc1C#N. The molecular weight excluding hydrogens is 178 g/mol. The van der Waals surface area contributed by atoms with E-state index in [-0.39, 0.29) is 12.5 Å². The van der Waals surface area contributed by atoms with Gasteiger partial charge >= 0.3 is 0 Å². The topological polar surface area (TPSA) is 53.2 Å². The van der Waals surface area contributed by atoms with Crippen LogP contribution in [-0.2, 0) is 0 Å². The molecule has 1 unspecified atom stereocenters. The number of aliphatic hydroxyl groups excluding tert-OH is 1. The van der Waals surface area contributed by atoms with Crippen molar-refractivity contribution in [2.45, 2.75) is 12.8 Å². The molecule has 0 aliphatic rings. The molecule has 3 heteroatoms. The molecule has 0 amide bonds. The molecule has 0 radical (unpaired) electrons. The van der Waals surface area contributed by atoms with E-state index in [0.717, 1.165) is 5.56 Å². The van der Waals surface area contributed by atoms with Crippen LogP contribution in [0, 0.1) is 11.3 Å². The van der Waals surface area contributed by atoms with E-state index in [1.165, 1.54) is 7.11 Å². The van der Waals surface area contributed by atoms with Crippen LogP contribution in [0.3, 0.4) is 0 Å². The fraction of sp³-hybridized carbons (Fsp3) is 0.364. The second-order valence-electron chi connectivity index (χ2n) is 3.16. The van der Waals surface area contributed by atoms with Crippen LogP contribution in [0.1, 0.15) is 24.0 Å². The Morgan fingerprint density at radius 2 is 2.29 bits per heavy atom. The van der Waals surface area contributed by atoms with Crippen LogP contribution in [0.2, 0.25) is 0 Å². The molecule has 1 aromatic carbocycles. The van der Waals surface area contributed by atoms with E-state index in [9.17, 15) is 0 Å².